The van der Waals surface area contributed by atoms with Crippen LogP contribution in [0.2, 0.25) is 0 Å². The van der Waals surface area contributed by atoms with Crippen LogP contribution in [0.4, 0.5) is 0 Å². The summed E-state index contributed by atoms with van der Waals surface area (Å²) in [7, 11) is 0. The second kappa shape index (κ2) is 8.26. The van der Waals surface area contributed by atoms with Crippen molar-refractivity contribution in [2.45, 2.75) is 65.4 Å². The SMILES string of the molecule is Cc1noc(C)c1COc1ccc(C(=O)NNC(=O)CC23CC4CC(CC(C4)C2)C3)cc1. The van der Waals surface area contributed by atoms with Crippen molar-refractivity contribution in [3.8, 4) is 5.75 Å². The minimum atomic E-state index is -0.332. The Morgan fingerprint density at radius 3 is 2.22 bits per heavy atom. The first kappa shape index (κ1) is 21.0. The summed E-state index contributed by atoms with van der Waals surface area (Å²) in [6.07, 6.45) is 8.12. The van der Waals surface area contributed by atoms with Gasteiger partial charge in [-0.05, 0) is 99.8 Å². The lowest BCUT2D eigenvalue weighted by molar-refractivity contribution is -0.130. The monoisotopic (exact) mass is 437 g/mol. The molecule has 1 aromatic carbocycles. The maximum Gasteiger partial charge on any atom is 0.269 e. The van der Waals surface area contributed by atoms with Crippen molar-refractivity contribution in [1.29, 1.82) is 0 Å². The number of hydrogen-bond acceptors (Lipinski definition) is 5. The predicted octanol–water partition coefficient (Wildman–Crippen LogP) is 4.24. The van der Waals surface area contributed by atoms with Gasteiger partial charge in [-0.3, -0.25) is 20.4 Å². The number of benzene rings is 1. The van der Waals surface area contributed by atoms with Crippen LogP contribution in [0.5, 0.6) is 5.75 Å². The van der Waals surface area contributed by atoms with Crippen molar-refractivity contribution in [2.24, 2.45) is 23.2 Å². The first-order valence-electron chi connectivity index (χ1n) is 11.6. The molecule has 0 aliphatic heterocycles. The van der Waals surface area contributed by atoms with Crippen LogP contribution in [-0.4, -0.2) is 17.0 Å². The molecule has 4 bridgehead atoms. The summed E-state index contributed by atoms with van der Waals surface area (Å²) in [5.41, 5.74) is 7.56. The molecular weight excluding hydrogens is 406 g/mol. The van der Waals surface area contributed by atoms with Gasteiger partial charge in [0.05, 0.1) is 11.3 Å². The van der Waals surface area contributed by atoms with E-state index in [0.717, 1.165) is 34.8 Å². The summed E-state index contributed by atoms with van der Waals surface area (Å²) in [5.74, 6) is 3.39. The van der Waals surface area contributed by atoms with Crippen molar-refractivity contribution in [3.05, 3.63) is 46.8 Å². The van der Waals surface area contributed by atoms with E-state index in [0.29, 0.717) is 24.3 Å². The first-order chi connectivity index (χ1) is 15.4. The smallest absolute Gasteiger partial charge is 0.269 e. The molecule has 4 aliphatic carbocycles. The van der Waals surface area contributed by atoms with Crippen LogP contribution in [-0.2, 0) is 11.4 Å². The van der Waals surface area contributed by atoms with E-state index in [1.165, 1.54) is 38.5 Å². The second-order valence-corrected chi connectivity index (χ2v) is 10.2. The second-order valence-electron chi connectivity index (χ2n) is 10.2. The maximum atomic E-state index is 12.6. The Hall–Kier alpha value is -2.83. The maximum absolute atomic E-state index is 12.6. The van der Waals surface area contributed by atoms with Crippen LogP contribution < -0.4 is 15.6 Å². The third kappa shape index (κ3) is 4.25. The lowest BCUT2D eigenvalue weighted by Gasteiger charge is -2.56. The molecule has 0 spiro atoms. The van der Waals surface area contributed by atoms with Gasteiger partial charge < -0.3 is 9.26 Å². The summed E-state index contributed by atoms with van der Waals surface area (Å²) in [5, 5.41) is 3.92. The van der Waals surface area contributed by atoms with E-state index in [1.807, 2.05) is 13.8 Å². The molecule has 1 heterocycles. The van der Waals surface area contributed by atoms with Crippen LogP contribution in [0.15, 0.2) is 28.8 Å². The number of aryl methyl sites for hydroxylation is 2. The fourth-order valence-electron chi connectivity index (χ4n) is 6.66. The molecule has 2 amide bonds. The molecule has 6 rings (SSSR count). The fourth-order valence-corrected chi connectivity index (χ4v) is 6.66. The third-order valence-electron chi connectivity index (χ3n) is 7.70. The van der Waals surface area contributed by atoms with Gasteiger partial charge in [0.25, 0.3) is 5.91 Å². The number of carbonyl (C=O) groups excluding carboxylic acids is 2. The van der Waals surface area contributed by atoms with Gasteiger partial charge in [-0.15, -0.1) is 0 Å². The van der Waals surface area contributed by atoms with Crippen molar-refractivity contribution in [3.63, 3.8) is 0 Å². The summed E-state index contributed by atoms with van der Waals surface area (Å²) < 4.78 is 10.9. The van der Waals surface area contributed by atoms with Gasteiger partial charge in [-0.25, -0.2) is 0 Å². The number of carbonyl (C=O) groups is 2. The fraction of sp³-hybridized carbons (Fsp3) is 0.560. The van der Waals surface area contributed by atoms with Gasteiger partial charge in [0, 0.05) is 12.0 Å². The minimum absolute atomic E-state index is 0.0836. The van der Waals surface area contributed by atoms with E-state index >= 15 is 0 Å². The number of hydrazine groups is 1. The molecule has 1 aromatic heterocycles. The van der Waals surface area contributed by atoms with E-state index < -0.39 is 0 Å². The predicted molar refractivity (Wildman–Crippen MR) is 118 cm³/mol. The highest BCUT2D eigenvalue weighted by Gasteiger charge is 2.51. The molecule has 32 heavy (non-hydrogen) atoms. The molecule has 4 saturated carbocycles. The van der Waals surface area contributed by atoms with Crippen LogP contribution >= 0.6 is 0 Å². The highest BCUT2D eigenvalue weighted by Crippen LogP contribution is 2.61. The van der Waals surface area contributed by atoms with Crippen molar-refractivity contribution < 1.29 is 18.8 Å². The first-order valence-corrected chi connectivity index (χ1v) is 11.6. The van der Waals surface area contributed by atoms with E-state index in [9.17, 15) is 9.59 Å². The Balaban J connectivity index is 1.11. The molecule has 4 aliphatic rings. The molecule has 0 saturated heterocycles. The Bertz CT molecular complexity index is 956. The van der Waals surface area contributed by atoms with Gasteiger partial charge in [0.15, 0.2) is 0 Å². The number of aromatic nitrogens is 1. The largest absolute Gasteiger partial charge is 0.489 e. The molecule has 170 valence electrons. The summed E-state index contributed by atoms with van der Waals surface area (Å²) in [6, 6.07) is 6.85. The van der Waals surface area contributed by atoms with Gasteiger partial charge in [0.2, 0.25) is 5.91 Å². The molecular formula is C25H31N3O4. The summed E-state index contributed by atoms with van der Waals surface area (Å²) in [6.45, 7) is 4.08. The number of ether oxygens (including phenoxy) is 1. The molecule has 2 aromatic rings. The molecule has 0 radical (unpaired) electrons. The lowest BCUT2D eigenvalue weighted by atomic mass is 9.49. The summed E-state index contributed by atoms with van der Waals surface area (Å²) >= 11 is 0. The van der Waals surface area contributed by atoms with Gasteiger partial charge in [-0.2, -0.15) is 0 Å². The number of nitrogens with zero attached hydrogens (tertiary/aromatic N) is 1. The average molecular weight is 438 g/mol. The normalized spacial score (nSPS) is 27.9. The van der Waals surface area contributed by atoms with E-state index in [-0.39, 0.29) is 17.2 Å². The summed E-state index contributed by atoms with van der Waals surface area (Å²) in [4.78, 5) is 25.1. The molecule has 4 fully saturated rings. The molecule has 7 heteroatoms. The molecule has 0 atom stereocenters. The van der Waals surface area contributed by atoms with Crippen molar-refractivity contribution in [1.82, 2.24) is 16.0 Å². The zero-order valence-electron chi connectivity index (χ0n) is 18.8. The Labute approximate surface area is 188 Å². The van der Waals surface area contributed by atoms with Crippen LogP contribution in [0.1, 0.15) is 72.3 Å². The Morgan fingerprint density at radius 2 is 1.66 bits per heavy atom. The average Bonchev–Trinajstić information content (AvgIpc) is 3.07. The van der Waals surface area contributed by atoms with E-state index in [2.05, 4.69) is 16.0 Å². The zero-order valence-corrected chi connectivity index (χ0v) is 18.8. The van der Waals surface area contributed by atoms with Crippen LogP contribution in [0.25, 0.3) is 0 Å². The van der Waals surface area contributed by atoms with E-state index in [1.54, 1.807) is 24.3 Å². The van der Waals surface area contributed by atoms with Crippen LogP contribution in [0.3, 0.4) is 0 Å². The highest BCUT2D eigenvalue weighted by atomic mass is 16.5. The quantitative estimate of drug-likeness (QED) is 0.660. The van der Waals surface area contributed by atoms with Crippen molar-refractivity contribution in [2.75, 3.05) is 0 Å². The van der Waals surface area contributed by atoms with E-state index in [4.69, 9.17) is 9.26 Å². The third-order valence-corrected chi connectivity index (χ3v) is 7.70. The lowest BCUT2D eigenvalue weighted by Crippen LogP contribution is -2.50. The Kier molecular flexibility index (Phi) is 5.43. The van der Waals surface area contributed by atoms with Gasteiger partial charge in [0.1, 0.15) is 18.1 Å². The van der Waals surface area contributed by atoms with Gasteiger partial charge >= 0.3 is 0 Å². The topological polar surface area (TPSA) is 93.5 Å². The standard InChI is InChI=1S/C25H31N3O4/c1-15-22(16(2)32-28-15)14-31-21-5-3-20(4-6-21)24(30)27-26-23(29)13-25-10-17-7-18(11-25)9-19(8-17)12-25/h3-6,17-19H,7-14H2,1-2H3,(H,26,29)(H,27,30). The molecule has 2 N–H and O–H groups in total. The van der Waals surface area contributed by atoms with Gasteiger partial charge in [-0.1, -0.05) is 5.16 Å². The number of rotatable bonds is 6. The number of amides is 2. The van der Waals surface area contributed by atoms with Crippen LogP contribution in [0, 0.1) is 37.0 Å². The number of hydrogen-bond donors (Lipinski definition) is 2. The Morgan fingerprint density at radius 1 is 1.03 bits per heavy atom. The highest BCUT2D eigenvalue weighted by molar-refractivity contribution is 5.95. The van der Waals surface area contributed by atoms with Crippen molar-refractivity contribution >= 4 is 11.8 Å². The zero-order chi connectivity index (χ0) is 22.3. The molecule has 0 unspecified atom stereocenters. The number of nitrogens with one attached hydrogen (secondary N) is 2. The minimum Gasteiger partial charge on any atom is -0.489 e. The molecule has 7 nitrogen and oxygen atoms in total.